The average molecular weight is 395 g/mol. The summed E-state index contributed by atoms with van der Waals surface area (Å²) in [6.07, 6.45) is 0.484. The number of rotatable bonds is 5. The van der Waals surface area contributed by atoms with E-state index in [0.29, 0.717) is 24.1 Å². The number of nitrogens with one attached hydrogen (secondary N) is 1. The summed E-state index contributed by atoms with van der Waals surface area (Å²) < 4.78 is 0.997. The predicted molar refractivity (Wildman–Crippen MR) is 88.6 cm³/mol. The number of carboxylic acid groups (broad SMARTS) is 1. The lowest BCUT2D eigenvalue weighted by Gasteiger charge is -2.08. The molecule has 0 unspecified atom stereocenters. The first-order chi connectivity index (χ1) is 10.1. The number of aromatic carboxylic acids is 1. The molecule has 4 nitrogen and oxygen atoms in total. The van der Waals surface area contributed by atoms with Crippen molar-refractivity contribution >= 4 is 34.5 Å². The Balaban J connectivity index is 1.96. The van der Waals surface area contributed by atoms with Gasteiger partial charge in [-0.1, -0.05) is 24.3 Å². The van der Waals surface area contributed by atoms with E-state index in [0.717, 1.165) is 3.57 Å². The lowest BCUT2D eigenvalue weighted by molar-refractivity contribution is 0.0695. The second kappa shape index (κ2) is 7.21. The third-order valence-electron chi connectivity index (χ3n) is 3.01. The Morgan fingerprint density at radius 1 is 1.10 bits per heavy atom. The van der Waals surface area contributed by atoms with Gasteiger partial charge in [0, 0.05) is 15.7 Å². The van der Waals surface area contributed by atoms with E-state index >= 15 is 0 Å². The SMILES string of the molecule is O=C(NCCc1ccccc1C(=O)O)c1cccc(I)c1. The maximum atomic E-state index is 12.0. The largest absolute Gasteiger partial charge is 0.478 e. The quantitative estimate of drug-likeness (QED) is 0.766. The van der Waals surface area contributed by atoms with Gasteiger partial charge in [-0.15, -0.1) is 0 Å². The molecule has 2 rings (SSSR count). The van der Waals surface area contributed by atoms with Crippen LogP contribution in [0.25, 0.3) is 0 Å². The van der Waals surface area contributed by atoms with E-state index in [1.54, 1.807) is 36.4 Å². The maximum absolute atomic E-state index is 12.0. The first-order valence-corrected chi connectivity index (χ1v) is 7.51. The molecule has 0 heterocycles. The Morgan fingerprint density at radius 3 is 2.57 bits per heavy atom. The van der Waals surface area contributed by atoms with Crippen LogP contribution in [0.15, 0.2) is 48.5 Å². The molecule has 5 heteroatoms. The van der Waals surface area contributed by atoms with Crippen molar-refractivity contribution in [2.45, 2.75) is 6.42 Å². The molecule has 1 amide bonds. The van der Waals surface area contributed by atoms with Crippen LogP contribution >= 0.6 is 22.6 Å². The highest BCUT2D eigenvalue weighted by molar-refractivity contribution is 14.1. The van der Waals surface area contributed by atoms with Crippen molar-refractivity contribution in [3.05, 3.63) is 68.8 Å². The molecule has 108 valence electrons. The van der Waals surface area contributed by atoms with Crippen LogP contribution < -0.4 is 5.32 Å². The van der Waals surface area contributed by atoms with E-state index in [2.05, 4.69) is 27.9 Å². The second-order valence-corrected chi connectivity index (χ2v) is 5.72. The average Bonchev–Trinajstić information content (AvgIpc) is 2.47. The maximum Gasteiger partial charge on any atom is 0.335 e. The molecule has 0 atom stereocenters. The topological polar surface area (TPSA) is 66.4 Å². The lowest BCUT2D eigenvalue weighted by atomic mass is 10.0. The Bertz CT molecular complexity index is 670. The van der Waals surface area contributed by atoms with E-state index in [-0.39, 0.29) is 11.5 Å². The van der Waals surface area contributed by atoms with Crippen molar-refractivity contribution in [1.82, 2.24) is 5.32 Å². The molecule has 2 aromatic carbocycles. The van der Waals surface area contributed by atoms with Crippen LogP contribution in [0.4, 0.5) is 0 Å². The Hall–Kier alpha value is -1.89. The Kier molecular flexibility index (Phi) is 5.32. The van der Waals surface area contributed by atoms with Gasteiger partial charge in [-0.3, -0.25) is 4.79 Å². The summed E-state index contributed by atoms with van der Waals surface area (Å²) in [6, 6.07) is 14.1. The monoisotopic (exact) mass is 395 g/mol. The second-order valence-electron chi connectivity index (χ2n) is 4.48. The first-order valence-electron chi connectivity index (χ1n) is 6.43. The summed E-state index contributed by atoms with van der Waals surface area (Å²) in [7, 11) is 0. The molecule has 0 fully saturated rings. The first kappa shape index (κ1) is 15.5. The fourth-order valence-electron chi connectivity index (χ4n) is 1.99. The molecule has 21 heavy (non-hydrogen) atoms. The highest BCUT2D eigenvalue weighted by Crippen LogP contribution is 2.10. The lowest BCUT2D eigenvalue weighted by Crippen LogP contribution is -2.26. The van der Waals surface area contributed by atoms with Gasteiger partial charge < -0.3 is 10.4 Å². The van der Waals surface area contributed by atoms with Gasteiger partial charge in [0.05, 0.1) is 5.56 Å². The third-order valence-corrected chi connectivity index (χ3v) is 3.69. The Labute approximate surface area is 136 Å². The van der Waals surface area contributed by atoms with Gasteiger partial charge in [0.25, 0.3) is 5.91 Å². The van der Waals surface area contributed by atoms with Gasteiger partial charge in [-0.25, -0.2) is 4.79 Å². The molecular formula is C16H14INO3. The molecule has 0 saturated heterocycles. The number of carbonyl (C=O) groups excluding carboxylic acids is 1. The zero-order valence-electron chi connectivity index (χ0n) is 11.2. The van der Waals surface area contributed by atoms with Crippen LogP contribution in [0.1, 0.15) is 26.3 Å². The molecule has 0 radical (unpaired) electrons. The van der Waals surface area contributed by atoms with Gasteiger partial charge in [0.2, 0.25) is 0 Å². The van der Waals surface area contributed by atoms with Gasteiger partial charge in [-0.05, 0) is 58.8 Å². The molecule has 0 bridgehead atoms. The highest BCUT2D eigenvalue weighted by Gasteiger charge is 2.09. The zero-order chi connectivity index (χ0) is 15.2. The molecule has 0 aliphatic heterocycles. The minimum Gasteiger partial charge on any atom is -0.478 e. The van der Waals surface area contributed by atoms with Crippen LogP contribution in [0, 0.1) is 3.57 Å². The molecule has 2 aromatic rings. The number of carboxylic acids is 1. The molecule has 0 spiro atoms. The van der Waals surface area contributed by atoms with E-state index in [4.69, 9.17) is 5.11 Å². The number of hydrogen-bond donors (Lipinski definition) is 2. The zero-order valence-corrected chi connectivity index (χ0v) is 13.3. The van der Waals surface area contributed by atoms with Crippen molar-refractivity contribution in [3.8, 4) is 0 Å². The molecule has 0 aliphatic rings. The fourth-order valence-corrected chi connectivity index (χ4v) is 2.53. The molecule has 2 N–H and O–H groups in total. The standard InChI is InChI=1S/C16H14INO3/c17-13-6-3-5-12(10-13)15(19)18-9-8-11-4-1-2-7-14(11)16(20)21/h1-7,10H,8-9H2,(H,18,19)(H,20,21). The molecule has 0 aromatic heterocycles. The predicted octanol–water partition coefficient (Wildman–Crippen LogP) is 2.96. The molecule has 0 saturated carbocycles. The van der Waals surface area contributed by atoms with Crippen molar-refractivity contribution in [1.29, 1.82) is 0 Å². The summed E-state index contributed by atoms with van der Waals surface area (Å²) >= 11 is 2.15. The van der Waals surface area contributed by atoms with Crippen molar-refractivity contribution in [3.63, 3.8) is 0 Å². The van der Waals surface area contributed by atoms with Crippen molar-refractivity contribution in [2.75, 3.05) is 6.54 Å². The van der Waals surface area contributed by atoms with E-state index in [1.807, 2.05) is 12.1 Å². The normalized spacial score (nSPS) is 10.1. The summed E-state index contributed by atoms with van der Waals surface area (Å²) in [6.45, 7) is 0.397. The van der Waals surface area contributed by atoms with Crippen LogP contribution in [-0.2, 0) is 6.42 Å². The van der Waals surface area contributed by atoms with Crippen LogP contribution in [0.2, 0.25) is 0 Å². The van der Waals surface area contributed by atoms with Crippen molar-refractivity contribution < 1.29 is 14.7 Å². The highest BCUT2D eigenvalue weighted by atomic mass is 127. The van der Waals surface area contributed by atoms with Crippen LogP contribution in [-0.4, -0.2) is 23.5 Å². The van der Waals surface area contributed by atoms with E-state index in [9.17, 15) is 9.59 Å². The van der Waals surface area contributed by atoms with Crippen LogP contribution in [0.5, 0.6) is 0 Å². The number of benzene rings is 2. The Morgan fingerprint density at radius 2 is 1.86 bits per heavy atom. The number of amides is 1. The minimum atomic E-state index is -0.950. The van der Waals surface area contributed by atoms with Crippen molar-refractivity contribution in [2.24, 2.45) is 0 Å². The van der Waals surface area contributed by atoms with Gasteiger partial charge in [0.15, 0.2) is 0 Å². The summed E-state index contributed by atoms with van der Waals surface area (Å²) in [5, 5.41) is 11.9. The van der Waals surface area contributed by atoms with Gasteiger partial charge in [0.1, 0.15) is 0 Å². The fraction of sp³-hybridized carbons (Fsp3) is 0.125. The summed E-state index contributed by atoms with van der Waals surface area (Å²) in [5.74, 6) is -1.10. The summed E-state index contributed by atoms with van der Waals surface area (Å²) in [5.41, 5.74) is 1.60. The van der Waals surface area contributed by atoms with Gasteiger partial charge >= 0.3 is 5.97 Å². The number of halogens is 1. The smallest absolute Gasteiger partial charge is 0.335 e. The number of hydrogen-bond acceptors (Lipinski definition) is 2. The third kappa shape index (κ3) is 4.29. The number of carbonyl (C=O) groups is 2. The minimum absolute atomic E-state index is 0.152. The van der Waals surface area contributed by atoms with E-state index in [1.165, 1.54) is 0 Å². The van der Waals surface area contributed by atoms with Gasteiger partial charge in [-0.2, -0.15) is 0 Å². The molecule has 0 aliphatic carbocycles. The van der Waals surface area contributed by atoms with E-state index < -0.39 is 5.97 Å². The summed E-state index contributed by atoms with van der Waals surface area (Å²) in [4.78, 5) is 23.1. The van der Waals surface area contributed by atoms with Crippen LogP contribution in [0.3, 0.4) is 0 Å². The molecular weight excluding hydrogens is 381 g/mol.